The molecule has 1 N–H and O–H groups in total. The van der Waals surface area contributed by atoms with Crippen LogP contribution in [0, 0.1) is 11.6 Å². The van der Waals surface area contributed by atoms with Crippen LogP contribution < -0.4 is 5.32 Å². The van der Waals surface area contributed by atoms with Gasteiger partial charge in [-0.1, -0.05) is 6.07 Å². The maximum atomic E-state index is 13.3. The minimum atomic E-state index is -0.950. The lowest BCUT2D eigenvalue weighted by atomic mass is 10.3. The van der Waals surface area contributed by atoms with E-state index in [-0.39, 0.29) is 11.6 Å². The van der Waals surface area contributed by atoms with Crippen LogP contribution in [-0.2, 0) is 0 Å². The van der Waals surface area contributed by atoms with Gasteiger partial charge < -0.3 is 5.32 Å². The molecule has 0 atom stereocenters. The van der Waals surface area contributed by atoms with E-state index in [1.54, 1.807) is 0 Å². The van der Waals surface area contributed by atoms with Crippen LogP contribution in [0.1, 0.15) is 0 Å². The fraction of sp³-hybridized carbons (Fsp3) is 0. The maximum absolute atomic E-state index is 13.3. The Morgan fingerprint density at radius 3 is 2.50 bits per heavy atom. The van der Waals surface area contributed by atoms with E-state index in [0.717, 1.165) is 6.07 Å². The van der Waals surface area contributed by atoms with Crippen molar-refractivity contribution in [3.05, 3.63) is 46.7 Å². The lowest BCUT2D eigenvalue weighted by Crippen LogP contribution is -1.99. The molecule has 1 aromatic carbocycles. The Morgan fingerprint density at radius 1 is 1.12 bits per heavy atom. The lowest BCUT2D eigenvalue weighted by molar-refractivity contribution is 0.511. The van der Waals surface area contributed by atoms with Crippen molar-refractivity contribution in [3.63, 3.8) is 0 Å². The van der Waals surface area contributed by atoms with Crippen molar-refractivity contribution in [2.75, 3.05) is 5.32 Å². The second-order valence-electron chi connectivity index (χ2n) is 2.95. The highest BCUT2D eigenvalue weighted by atomic mass is 79.9. The van der Waals surface area contributed by atoms with Gasteiger partial charge in [0.1, 0.15) is 0 Å². The molecule has 0 saturated heterocycles. The average molecular weight is 286 g/mol. The third kappa shape index (κ3) is 2.33. The molecule has 82 valence electrons. The van der Waals surface area contributed by atoms with E-state index >= 15 is 0 Å². The summed E-state index contributed by atoms with van der Waals surface area (Å²) in [5.41, 5.74) is 0.00215. The van der Waals surface area contributed by atoms with Crippen molar-refractivity contribution in [2.24, 2.45) is 0 Å². The second-order valence-corrected chi connectivity index (χ2v) is 3.87. The fourth-order valence-electron chi connectivity index (χ4n) is 1.10. The van der Waals surface area contributed by atoms with Crippen LogP contribution in [0.3, 0.4) is 0 Å². The summed E-state index contributed by atoms with van der Waals surface area (Å²) in [7, 11) is 0. The highest BCUT2D eigenvalue weighted by Gasteiger charge is 2.08. The van der Waals surface area contributed by atoms with Crippen molar-refractivity contribution in [3.8, 4) is 0 Å². The van der Waals surface area contributed by atoms with Crippen LogP contribution in [0.25, 0.3) is 0 Å². The van der Waals surface area contributed by atoms with E-state index in [9.17, 15) is 8.78 Å². The number of anilines is 2. The van der Waals surface area contributed by atoms with Gasteiger partial charge in [-0.2, -0.15) is 0 Å². The van der Waals surface area contributed by atoms with Gasteiger partial charge in [-0.15, -0.1) is 0 Å². The summed E-state index contributed by atoms with van der Waals surface area (Å²) in [5, 5.41) is 2.58. The Morgan fingerprint density at radius 2 is 1.81 bits per heavy atom. The third-order valence-corrected chi connectivity index (χ3v) is 2.23. The van der Waals surface area contributed by atoms with Gasteiger partial charge in [0, 0.05) is 12.4 Å². The van der Waals surface area contributed by atoms with Gasteiger partial charge in [-0.05, 0) is 28.1 Å². The summed E-state index contributed by atoms with van der Waals surface area (Å²) in [6.07, 6.45) is 3.01. The molecule has 2 aromatic rings. The number of rotatable bonds is 2. The minimum absolute atomic E-state index is 0.00215. The molecule has 3 nitrogen and oxygen atoms in total. The molecule has 0 saturated carbocycles. The highest BCUT2D eigenvalue weighted by Crippen LogP contribution is 2.19. The van der Waals surface area contributed by atoms with Gasteiger partial charge in [0.05, 0.1) is 10.2 Å². The minimum Gasteiger partial charge on any atom is -0.322 e. The van der Waals surface area contributed by atoms with Crippen molar-refractivity contribution in [2.45, 2.75) is 0 Å². The normalized spacial score (nSPS) is 10.2. The standard InChI is InChI=1S/C10H6BrF2N3/c11-6-4-14-10(15-5-6)16-8-3-1-2-7(12)9(8)13/h1-5H,(H,14,15,16). The molecule has 0 radical (unpaired) electrons. The topological polar surface area (TPSA) is 37.8 Å². The first kappa shape index (κ1) is 10.9. The van der Waals surface area contributed by atoms with Gasteiger partial charge in [-0.25, -0.2) is 18.7 Å². The highest BCUT2D eigenvalue weighted by molar-refractivity contribution is 9.10. The molecule has 0 bridgehead atoms. The molecule has 0 unspecified atom stereocenters. The molecule has 0 aliphatic rings. The third-order valence-electron chi connectivity index (χ3n) is 1.82. The Bertz CT molecular complexity index is 502. The second kappa shape index (κ2) is 4.52. The molecule has 1 heterocycles. The average Bonchev–Trinajstić information content (AvgIpc) is 2.28. The zero-order chi connectivity index (χ0) is 11.5. The predicted octanol–water partition coefficient (Wildman–Crippen LogP) is 3.26. The number of nitrogens with one attached hydrogen (secondary N) is 1. The largest absolute Gasteiger partial charge is 0.322 e. The Kier molecular flexibility index (Phi) is 3.09. The first-order chi connectivity index (χ1) is 7.66. The number of hydrogen-bond donors (Lipinski definition) is 1. The molecular formula is C10H6BrF2N3. The first-order valence-corrected chi connectivity index (χ1v) is 5.14. The van der Waals surface area contributed by atoms with Gasteiger partial charge in [0.25, 0.3) is 0 Å². The van der Waals surface area contributed by atoms with Gasteiger partial charge in [-0.3, -0.25) is 0 Å². The molecule has 6 heteroatoms. The summed E-state index contributed by atoms with van der Waals surface area (Å²) in [6, 6.07) is 3.85. The van der Waals surface area contributed by atoms with Gasteiger partial charge in [0.15, 0.2) is 11.6 Å². The van der Waals surface area contributed by atoms with Gasteiger partial charge >= 0.3 is 0 Å². The van der Waals surface area contributed by atoms with Crippen LogP contribution in [-0.4, -0.2) is 9.97 Å². The number of nitrogens with zero attached hydrogens (tertiary/aromatic N) is 2. The Labute approximate surface area is 98.7 Å². The van der Waals surface area contributed by atoms with Gasteiger partial charge in [0.2, 0.25) is 5.95 Å². The smallest absolute Gasteiger partial charge is 0.227 e. The number of aromatic nitrogens is 2. The molecule has 0 fully saturated rings. The van der Waals surface area contributed by atoms with Crippen LogP contribution in [0.15, 0.2) is 35.1 Å². The summed E-state index contributed by atoms with van der Waals surface area (Å²) in [4.78, 5) is 7.77. The Hall–Kier alpha value is -1.56. The summed E-state index contributed by atoms with van der Waals surface area (Å²) < 4.78 is 26.9. The Balaban J connectivity index is 2.27. The zero-order valence-corrected chi connectivity index (χ0v) is 9.50. The molecule has 0 amide bonds. The molecule has 0 aliphatic carbocycles. The quantitative estimate of drug-likeness (QED) is 0.920. The van der Waals surface area contributed by atoms with E-state index < -0.39 is 11.6 Å². The predicted molar refractivity (Wildman–Crippen MR) is 59.4 cm³/mol. The van der Waals surface area contributed by atoms with Crippen molar-refractivity contribution < 1.29 is 8.78 Å². The molecular weight excluding hydrogens is 280 g/mol. The lowest BCUT2D eigenvalue weighted by Gasteiger charge is -2.05. The number of halogens is 3. The van der Waals surface area contributed by atoms with Crippen molar-refractivity contribution in [1.82, 2.24) is 9.97 Å². The van der Waals surface area contributed by atoms with E-state index in [0.29, 0.717) is 4.47 Å². The van der Waals surface area contributed by atoms with Crippen molar-refractivity contribution in [1.29, 1.82) is 0 Å². The van der Waals surface area contributed by atoms with E-state index in [1.807, 2.05) is 0 Å². The van der Waals surface area contributed by atoms with Crippen LogP contribution >= 0.6 is 15.9 Å². The first-order valence-electron chi connectivity index (χ1n) is 4.35. The van der Waals surface area contributed by atoms with E-state index in [4.69, 9.17) is 0 Å². The summed E-state index contributed by atoms with van der Waals surface area (Å²) in [6.45, 7) is 0. The molecule has 1 aromatic heterocycles. The van der Waals surface area contributed by atoms with Crippen molar-refractivity contribution >= 4 is 27.6 Å². The molecule has 0 spiro atoms. The number of benzene rings is 1. The van der Waals surface area contributed by atoms with E-state index in [1.165, 1.54) is 24.5 Å². The fourth-order valence-corrected chi connectivity index (χ4v) is 1.30. The van der Waals surface area contributed by atoms with Crippen LogP contribution in [0.4, 0.5) is 20.4 Å². The molecule has 0 aliphatic heterocycles. The van der Waals surface area contributed by atoms with Crippen LogP contribution in [0.5, 0.6) is 0 Å². The summed E-state index contributed by atoms with van der Waals surface area (Å²) in [5.74, 6) is -1.66. The molecule has 16 heavy (non-hydrogen) atoms. The summed E-state index contributed by atoms with van der Waals surface area (Å²) >= 11 is 3.17. The zero-order valence-electron chi connectivity index (χ0n) is 7.92. The monoisotopic (exact) mass is 285 g/mol. The maximum Gasteiger partial charge on any atom is 0.227 e. The SMILES string of the molecule is Fc1cccc(Nc2ncc(Br)cn2)c1F. The molecule has 2 rings (SSSR count). The number of hydrogen-bond acceptors (Lipinski definition) is 3. The van der Waals surface area contributed by atoms with Crippen LogP contribution in [0.2, 0.25) is 0 Å². The van der Waals surface area contributed by atoms with E-state index in [2.05, 4.69) is 31.2 Å².